The Morgan fingerprint density at radius 3 is 2.57 bits per heavy atom. The lowest BCUT2D eigenvalue weighted by molar-refractivity contribution is 0.102. The van der Waals surface area contributed by atoms with Gasteiger partial charge in [0.05, 0.1) is 23.6 Å². The van der Waals surface area contributed by atoms with Crippen LogP contribution in [0.5, 0.6) is 0 Å². The predicted octanol–water partition coefficient (Wildman–Crippen LogP) is 4.32. The van der Waals surface area contributed by atoms with E-state index in [9.17, 15) is 9.18 Å². The summed E-state index contributed by atoms with van der Waals surface area (Å²) in [5.41, 5.74) is 1.51. The minimum Gasteiger partial charge on any atom is -0.384 e. The molecule has 3 aromatic rings. The molecule has 0 radical (unpaired) electrons. The maximum absolute atomic E-state index is 13.5. The smallest absolute Gasteiger partial charge is 0.259 e. The van der Waals surface area contributed by atoms with Crippen LogP contribution >= 0.6 is 0 Å². The fraction of sp³-hybridized carbons (Fsp3) is 0.320. The lowest BCUT2D eigenvalue weighted by Crippen LogP contribution is -2.31. The van der Waals surface area contributed by atoms with Crippen LogP contribution in [0.15, 0.2) is 48.9 Å². The van der Waals surface area contributed by atoms with Gasteiger partial charge in [-0.05, 0) is 50.0 Å². The quantitative estimate of drug-likeness (QED) is 0.397. The number of halogens is 1. The number of hydrogen-bond acceptors (Lipinski definition) is 8. The summed E-state index contributed by atoms with van der Waals surface area (Å²) in [6.45, 7) is 6.65. The molecule has 1 aliphatic heterocycles. The Labute approximate surface area is 204 Å². The molecule has 35 heavy (non-hydrogen) atoms. The third-order valence-electron chi connectivity index (χ3n) is 5.29. The first-order chi connectivity index (χ1) is 17.1. The number of hydrogen-bond donors (Lipinski definition) is 4. The second-order valence-corrected chi connectivity index (χ2v) is 7.68. The van der Waals surface area contributed by atoms with Gasteiger partial charge in [0.1, 0.15) is 23.5 Å². The largest absolute Gasteiger partial charge is 0.384 e. The molecule has 4 N–H and O–H groups in total. The Kier molecular flexibility index (Phi) is 9.45. The van der Waals surface area contributed by atoms with Crippen LogP contribution in [0.1, 0.15) is 42.7 Å². The van der Waals surface area contributed by atoms with Gasteiger partial charge in [0, 0.05) is 24.5 Å². The lowest BCUT2D eigenvalue weighted by atomic mass is 9.98. The van der Waals surface area contributed by atoms with Crippen LogP contribution in [-0.2, 0) is 0 Å². The molecule has 2 aromatic heterocycles. The molecule has 0 bridgehead atoms. The molecule has 1 aromatic carbocycles. The van der Waals surface area contributed by atoms with Crippen molar-refractivity contribution in [2.24, 2.45) is 5.92 Å². The Morgan fingerprint density at radius 2 is 1.89 bits per heavy atom. The van der Waals surface area contributed by atoms with Crippen LogP contribution in [0.25, 0.3) is 0 Å². The average Bonchev–Trinajstić information content (AvgIpc) is 2.90. The van der Waals surface area contributed by atoms with Crippen LogP contribution in [0.2, 0.25) is 0 Å². The molecule has 0 atom stereocenters. The number of piperidine rings is 1. The van der Waals surface area contributed by atoms with E-state index in [1.165, 1.54) is 36.8 Å². The molecule has 182 valence electrons. The Bertz CT molecular complexity index is 1160. The topological polar surface area (TPSA) is 128 Å². The molecule has 9 nitrogen and oxygen atoms in total. The highest BCUT2D eigenvalue weighted by Crippen LogP contribution is 2.24. The molecule has 3 heterocycles. The maximum Gasteiger partial charge on any atom is 0.259 e. The van der Waals surface area contributed by atoms with Gasteiger partial charge in [-0.15, -0.1) is 0 Å². The summed E-state index contributed by atoms with van der Waals surface area (Å²) in [7, 11) is 0. The summed E-state index contributed by atoms with van der Waals surface area (Å²) >= 11 is 0. The molecular formula is C25H29FN8O. The molecule has 1 fully saturated rings. The molecule has 0 aliphatic carbocycles. The Morgan fingerprint density at radius 1 is 1.11 bits per heavy atom. The highest BCUT2D eigenvalue weighted by atomic mass is 19.1. The summed E-state index contributed by atoms with van der Waals surface area (Å²) in [4.78, 5) is 25.4. The van der Waals surface area contributed by atoms with E-state index in [4.69, 9.17) is 5.26 Å². The Balaban J connectivity index is 0.00000167. The van der Waals surface area contributed by atoms with Crippen molar-refractivity contribution in [3.05, 3.63) is 66.0 Å². The van der Waals surface area contributed by atoms with Gasteiger partial charge in [-0.25, -0.2) is 19.3 Å². The molecule has 10 heteroatoms. The Hall–Kier alpha value is -4.10. The number of nitrogens with one attached hydrogen (secondary N) is 4. The van der Waals surface area contributed by atoms with Crippen LogP contribution in [0.4, 0.5) is 27.4 Å². The van der Waals surface area contributed by atoms with Gasteiger partial charge in [0.2, 0.25) is 0 Å². The van der Waals surface area contributed by atoms with E-state index < -0.39 is 11.7 Å². The van der Waals surface area contributed by atoms with E-state index in [0.29, 0.717) is 41.0 Å². The first-order valence-electron chi connectivity index (χ1n) is 11.6. The first kappa shape index (κ1) is 25.5. The summed E-state index contributed by atoms with van der Waals surface area (Å²) in [6, 6.07) is 9.37. The molecular weight excluding hydrogens is 447 g/mol. The van der Waals surface area contributed by atoms with Gasteiger partial charge >= 0.3 is 0 Å². The third-order valence-corrected chi connectivity index (χ3v) is 5.29. The van der Waals surface area contributed by atoms with Crippen molar-refractivity contribution in [1.82, 2.24) is 20.3 Å². The minimum absolute atomic E-state index is 0.210. The van der Waals surface area contributed by atoms with Crippen LogP contribution < -0.4 is 21.3 Å². The molecule has 0 spiro atoms. The lowest BCUT2D eigenvalue weighted by Gasteiger charge is -2.24. The molecule has 1 saturated heterocycles. The number of nitrogens with zero attached hydrogens (tertiary/aromatic N) is 4. The van der Waals surface area contributed by atoms with E-state index in [-0.39, 0.29) is 5.69 Å². The average molecular weight is 477 g/mol. The highest BCUT2D eigenvalue weighted by molar-refractivity contribution is 6.08. The van der Waals surface area contributed by atoms with Crippen molar-refractivity contribution in [3.8, 4) is 6.07 Å². The SMILES string of the molecule is CC.N#Cc1cnc(Nc2cc(NCC3CCNCC3)c(C(=O)Nc3cccc(F)c3)cn2)cn1. The van der Waals surface area contributed by atoms with Crippen molar-refractivity contribution < 1.29 is 9.18 Å². The monoisotopic (exact) mass is 476 g/mol. The van der Waals surface area contributed by atoms with Gasteiger partial charge in [0.25, 0.3) is 5.91 Å². The van der Waals surface area contributed by atoms with Gasteiger partial charge in [-0.1, -0.05) is 19.9 Å². The van der Waals surface area contributed by atoms with E-state index >= 15 is 0 Å². The number of carbonyl (C=O) groups is 1. The zero-order chi connectivity index (χ0) is 25.0. The maximum atomic E-state index is 13.5. The van der Waals surface area contributed by atoms with Crippen molar-refractivity contribution in [1.29, 1.82) is 5.26 Å². The van der Waals surface area contributed by atoms with Crippen LogP contribution in [0, 0.1) is 23.1 Å². The van der Waals surface area contributed by atoms with E-state index in [1.807, 2.05) is 19.9 Å². The van der Waals surface area contributed by atoms with Gasteiger partial charge in [0.15, 0.2) is 5.69 Å². The minimum atomic E-state index is -0.432. The number of pyridine rings is 1. The number of amides is 1. The standard InChI is InChI=1S/C23H23FN8O.C2H6/c24-16-2-1-3-17(8-16)31-23(33)19-13-30-21(32-22-14-27-18(10-25)12-29-22)9-20(19)28-11-15-4-6-26-7-5-15;1-2/h1-3,8-9,12-15,26H,4-7,11H2,(H,31,33)(H2,28,29,30,32);1-2H3. The molecule has 0 saturated carbocycles. The molecule has 0 unspecified atom stereocenters. The summed E-state index contributed by atoms with van der Waals surface area (Å²) in [5.74, 6) is 0.537. The first-order valence-corrected chi connectivity index (χ1v) is 11.6. The predicted molar refractivity (Wildman–Crippen MR) is 134 cm³/mol. The summed E-state index contributed by atoms with van der Waals surface area (Å²) in [6.07, 6.45) is 6.36. The molecule has 1 amide bonds. The van der Waals surface area contributed by atoms with Crippen molar-refractivity contribution in [3.63, 3.8) is 0 Å². The van der Waals surface area contributed by atoms with Crippen LogP contribution in [-0.4, -0.2) is 40.5 Å². The fourth-order valence-corrected chi connectivity index (χ4v) is 3.54. The highest BCUT2D eigenvalue weighted by Gasteiger charge is 2.17. The number of benzene rings is 1. The number of rotatable bonds is 7. The molecule has 1 aliphatic rings. The third kappa shape index (κ3) is 7.45. The second-order valence-electron chi connectivity index (χ2n) is 7.68. The number of aromatic nitrogens is 3. The second kappa shape index (κ2) is 13.0. The number of nitriles is 1. The zero-order valence-electron chi connectivity index (χ0n) is 19.8. The van der Waals surface area contributed by atoms with E-state index in [0.717, 1.165) is 25.9 Å². The van der Waals surface area contributed by atoms with E-state index in [1.54, 1.807) is 12.1 Å². The summed E-state index contributed by atoms with van der Waals surface area (Å²) in [5, 5.41) is 21.3. The van der Waals surface area contributed by atoms with Crippen molar-refractivity contribution >= 4 is 28.9 Å². The van der Waals surface area contributed by atoms with Crippen molar-refractivity contribution in [2.75, 3.05) is 35.6 Å². The van der Waals surface area contributed by atoms with Crippen LogP contribution in [0.3, 0.4) is 0 Å². The number of carbonyl (C=O) groups excluding carboxylic acids is 1. The van der Waals surface area contributed by atoms with Gasteiger partial charge in [-0.2, -0.15) is 5.26 Å². The number of anilines is 4. The van der Waals surface area contributed by atoms with Gasteiger partial charge in [-0.3, -0.25) is 4.79 Å². The van der Waals surface area contributed by atoms with Gasteiger partial charge < -0.3 is 21.3 Å². The zero-order valence-corrected chi connectivity index (χ0v) is 19.8. The van der Waals surface area contributed by atoms with E-state index in [2.05, 4.69) is 36.2 Å². The summed E-state index contributed by atoms with van der Waals surface area (Å²) < 4.78 is 13.5. The fourth-order valence-electron chi connectivity index (χ4n) is 3.54. The van der Waals surface area contributed by atoms with Crippen molar-refractivity contribution in [2.45, 2.75) is 26.7 Å². The normalized spacial score (nSPS) is 13.1. The molecule has 4 rings (SSSR count).